The van der Waals surface area contributed by atoms with Gasteiger partial charge in [0.15, 0.2) is 0 Å². The molecule has 0 spiro atoms. The lowest BCUT2D eigenvalue weighted by molar-refractivity contribution is -0.176. The van der Waals surface area contributed by atoms with E-state index in [9.17, 15) is 18.0 Å². The van der Waals surface area contributed by atoms with Crippen molar-refractivity contribution in [1.29, 1.82) is 0 Å². The Labute approximate surface area is 127 Å². The third-order valence-corrected chi connectivity index (χ3v) is 2.58. The van der Waals surface area contributed by atoms with Gasteiger partial charge in [-0.3, -0.25) is 4.79 Å². The van der Waals surface area contributed by atoms with Crippen LogP contribution in [0.15, 0.2) is 48.6 Å². The Morgan fingerprint density at radius 3 is 2.41 bits per heavy atom. The standard InChI is InChI=1S/C16H18F3NO2/c1-2-3-4-5-15(21)20-10-13-6-8-14(9-7-13)11-22-12-16(17,18)19/h2-9H,10-12H2,1H3,(H,20,21)/b3-2+,5-4+. The van der Waals surface area contributed by atoms with Gasteiger partial charge >= 0.3 is 6.18 Å². The molecule has 1 aromatic carbocycles. The number of rotatable bonds is 7. The van der Waals surface area contributed by atoms with Crippen molar-refractivity contribution in [2.24, 2.45) is 0 Å². The molecule has 22 heavy (non-hydrogen) atoms. The first kappa shape index (κ1) is 18.0. The number of nitrogens with one attached hydrogen (secondary N) is 1. The summed E-state index contributed by atoms with van der Waals surface area (Å²) < 4.78 is 40.4. The molecule has 0 aromatic heterocycles. The van der Waals surface area contributed by atoms with Crippen LogP contribution >= 0.6 is 0 Å². The van der Waals surface area contributed by atoms with Crippen molar-refractivity contribution in [1.82, 2.24) is 5.32 Å². The first-order chi connectivity index (χ1) is 10.4. The second-order valence-corrected chi connectivity index (χ2v) is 4.53. The molecule has 0 atom stereocenters. The maximum Gasteiger partial charge on any atom is 0.411 e. The smallest absolute Gasteiger partial charge is 0.367 e. The highest BCUT2D eigenvalue weighted by Gasteiger charge is 2.27. The number of carbonyl (C=O) groups excluding carboxylic acids is 1. The number of hydrogen-bond acceptors (Lipinski definition) is 2. The van der Waals surface area contributed by atoms with Gasteiger partial charge in [-0.25, -0.2) is 0 Å². The van der Waals surface area contributed by atoms with Crippen molar-refractivity contribution in [2.75, 3.05) is 6.61 Å². The molecule has 0 unspecified atom stereocenters. The number of allylic oxidation sites excluding steroid dienone is 3. The van der Waals surface area contributed by atoms with Gasteiger partial charge in [-0.1, -0.05) is 42.5 Å². The Hall–Kier alpha value is -2.08. The molecule has 0 aliphatic rings. The van der Waals surface area contributed by atoms with Crippen LogP contribution in [-0.2, 0) is 22.7 Å². The Morgan fingerprint density at radius 2 is 1.82 bits per heavy atom. The maximum atomic E-state index is 11.9. The molecule has 1 N–H and O–H groups in total. The predicted octanol–water partition coefficient (Wildman–Crippen LogP) is 3.51. The number of alkyl halides is 3. The van der Waals surface area contributed by atoms with E-state index in [2.05, 4.69) is 10.1 Å². The molecule has 0 radical (unpaired) electrons. The monoisotopic (exact) mass is 313 g/mol. The van der Waals surface area contributed by atoms with E-state index in [4.69, 9.17) is 0 Å². The van der Waals surface area contributed by atoms with Crippen molar-refractivity contribution in [3.63, 3.8) is 0 Å². The highest BCUT2D eigenvalue weighted by atomic mass is 19.4. The molecule has 3 nitrogen and oxygen atoms in total. The molecule has 0 heterocycles. The van der Waals surface area contributed by atoms with Gasteiger partial charge in [-0.2, -0.15) is 13.2 Å². The van der Waals surface area contributed by atoms with Crippen LogP contribution in [0, 0.1) is 0 Å². The van der Waals surface area contributed by atoms with Gasteiger partial charge < -0.3 is 10.1 Å². The average molecular weight is 313 g/mol. The topological polar surface area (TPSA) is 38.3 Å². The van der Waals surface area contributed by atoms with Crippen LogP contribution in [0.1, 0.15) is 18.1 Å². The number of benzene rings is 1. The fourth-order valence-corrected chi connectivity index (χ4v) is 1.54. The van der Waals surface area contributed by atoms with E-state index in [1.54, 1.807) is 36.4 Å². The third kappa shape index (κ3) is 8.26. The summed E-state index contributed by atoms with van der Waals surface area (Å²) in [6.45, 7) is 0.840. The molecule has 1 aromatic rings. The molecule has 120 valence electrons. The summed E-state index contributed by atoms with van der Waals surface area (Å²) in [6, 6.07) is 6.82. The van der Waals surface area contributed by atoms with Gasteiger partial charge in [0.1, 0.15) is 6.61 Å². The van der Waals surface area contributed by atoms with Gasteiger partial charge in [0, 0.05) is 12.6 Å². The van der Waals surface area contributed by atoms with Gasteiger partial charge in [-0.15, -0.1) is 0 Å². The van der Waals surface area contributed by atoms with Crippen molar-refractivity contribution in [3.05, 3.63) is 59.7 Å². The number of carbonyl (C=O) groups is 1. The molecule has 0 bridgehead atoms. The summed E-state index contributed by atoms with van der Waals surface area (Å²) in [5.41, 5.74) is 1.50. The zero-order valence-corrected chi connectivity index (χ0v) is 12.2. The Kier molecular flexibility index (Phi) is 7.39. The molecule has 0 aliphatic heterocycles. The van der Waals surface area contributed by atoms with Crippen LogP contribution in [0.5, 0.6) is 0 Å². The fraction of sp³-hybridized carbons (Fsp3) is 0.312. The average Bonchev–Trinajstić information content (AvgIpc) is 2.45. The molecular formula is C16H18F3NO2. The van der Waals surface area contributed by atoms with Crippen LogP contribution < -0.4 is 5.32 Å². The predicted molar refractivity (Wildman–Crippen MR) is 78.0 cm³/mol. The lowest BCUT2D eigenvalue weighted by atomic mass is 10.1. The summed E-state index contributed by atoms with van der Waals surface area (Å²) >= 11 is 0. The van der Waals surface area contributed by atoms with Crippen molar-refractivity contribution < 1.29 is 22.7 Å². The van der Waals surface area contributed by atoms with Crippen LogP contribution in [0.2, 0.25) is 0 Å². The summed E-state index contributed by atoms with van der Waals surface area (Å²) in [5.74, 6) is -0.212. The summed E-state index contributed by atoms with van der Waals surface area (Å²) in [4.78, 5) is 11.4. The molecule has 1 amide bonds. The molecule has 0 saturated carbocycles. The quantitative estimate of drug-likeness (QED) is 0.618. The number of halogens is 3. The first-order valence-corrected chi connectivity index (χ1v) is 6.70. The lowest BCUT2D eigenvalue weighted by Crippen LogP contribution is -2.20. The summed E-state index contributed by atoms with van der Waals surface area (Å²) in [6.07, 6.45) is 2.29. The van der Waals surface area contributed by atoms with Gasteiger partial charge in [0.05, 0.1) is 6.61 Å². The van der Waals surface area contributed by atoms with Crippen LogP contribution in [0.4, 0.5) is 13.2 Å². The zero-order valence-electron chi connectivity index (χ0n) is 12.2. The third-order valence-electron chi connectivity index (χ3n) is 2.58. The molecule has 0 fully saturated rings. The highest BCUT2D eigenvalue weighted by Crippen LogP contribution is 2.15. The number of hydrogen-bond donors (Lipinski definition) is 1. The molecular weight excluding hydrogens is 295 g/mol. The largest absolute Gasteiger partial charge is 0.411 e. The van der Waals surface area contributed by atoms with Crippen LogP contribution in [-0.4, -0.2) is 18.7 Å². The SMILES string of the molecule is C/C=C/C=C/C(=O)NCc1ccc(COCC(F)(F)F)cc1. The van der Waals surface area contributed by atoms with Crippen molar-refractivity contribution in [3.8, 4) is 0 Å². The van der Waals surface area contributed by atoms with Crippen molar-refractivity contribution >= 4 is 5.91 Å². The van der Waals surface area contributed by atoms with E-state index in [-0.39, 0.29) is 12.5 Å². The summed E-state index contributed by atoms with van der Waals surface area (Å²) in [5, 5.41) is 2.70. The minimum atomic E-state index is -4.31. The van der Waals surface area contributed by atoms with Crippen molar-refractivity contribution in [2.45, 2.75) is 26.3 Å². The molecule has 0 aliphatic carbocycles. The van der Waals surface area contributed by atoms with Gasteiger partial charge in [0.25, 0.3) is 0 Å². The fourth-order valence-electron chi connectivity index (χ4n) is 1.54. The Bertz CT molecular complexity index is 519. The lowest BCUT2D eigenvalue weighted by Gasteiger charge is -2.08. The summed E-state index contributed by atoms with van der Waals surface area (Å²) in [7, 11) is 0. The van der Waals surface area contributed by atoms with E-state index < -0.39 is 12.8 Å². The maximum absolute atomic E-state index is 11.9. The zero-order chi connectivity index (χ0) is 16.4. The first-order valence-electron chi connectivity index (χ1n) is 6.70. The van der Waals surface area contributed by atoms with E-state index in [0.29, 0.717) is 12.1 Å². The second-order valence-electron chi connectivity index (χ2n) is 4.53. The molecule has 6 heteroatoms. The van der Waals surface area contributed by atoms with Crippen LogP contribution in [0.25, 0.3) is 0 Å². The Balaban J connectivity index is 2.37. The van der Waals surface area contributed by atoms with E-state index in [1.165, 1.54) is 6.08 Å². The number of ether oxygens (including phenoxy) is 1. The minimum absolute atomic E-state index is 0.0990. The molecule has 0 saturated heterocycles. The van der Waals surface area contributed by atoms with E-state index in [1.807, 2.05) is 13.0 Å². The Morgan fingerprint density at radius 1 is 1.18 bits per heavy atom. The normalized spacial score (nSPS) is 12.2. The van der Waals surface area contributed by atoms with Crippen LogP contribution in [0.3, 0.4) is 0 Å². The highest BCUT2D eigenvalue weighted by molar-refractivity contribution is 5.87. The van der Waals surface area contributed by atoms with Gasteiger partial charge in [-0.05, 0) is 18.1 Å². The van der Waals surface area contributed by atoms with E-state index in [0.717, 1.165) is 5.56 Å². The number of amides is 1. The minimum Gasteiger partial charge on any atom is -0.367 e. The molecule has 1 rings (SSSR count). The van der Waals surface area contributed by atoms with Gasteiger partial charge in [0.2, 0.25) is 5.91 Å². The second kappa shape index (κ2) is 9.04. The van der Waals surface area contributed by atoms with E-state index >= 15 is 0 Å².